The van der Waals surface area contributed by atoms with Gasteiger partial charge >= 0.3 is 5.97 Å². The maximum atomic E-state index is 11.9. The zero-order valence-corrected chi connectivity index (χ0v) is 13.0. The summed E-state index contributed by atoms with van der Waals surface area (Å²) in [4.78, 5) is 33.7. The van der Waals surface area contributed by atoms with Gasteiger partial charge < -0.3 is 10.1 Å². The molecule has 1 saturated carbocycles. The summed E-state index contributed by atoms with van der Waals surface area (Å²) in [6.45, 7) is 1.76. The van der Waals surface area contributed by atoms with Gasteiger partial charge in [0.25, 0.3) is 11.6 Å². The van der Waals surface area contributed by atoms with Gasteiger partial charge in [0, 0.05) is 18.2 Å². The number of nitrogens with one attached hydrogen (secondary N) is 1. The maximum Gasteiger partial charge on any atom is 0.338 e. The van der Waals surface area contributed by atoms with Crippen molar-refractivity contribution in [2.75, 3.05) is 6.61 Å². The smallest absolute Gasteiger partial charge is 0.338 e. The van der Waals surface area contributed by atoms with Gasteiger partial charge in [-0.1, -0.05) is 19.8 Å². The molecule has 1 fully saturated rings. The van der Waals surface area contributed by atoms with Gasteiger partial charge in [-0.2, -0.15) is 0 Å². The first-order chi connectivity index (χ1) is 11.0. The SMILES string of the molecule is C[C@@H]1CCCC[C@H]1NC(=O)COC(=O)c1ccc([N+](=O)[O-])cc1. The third-order valence-electron chi connectivity index (χ3n) is 4.11. The molecule has 0 saturated heterocycles. The Balaban J connectivity index is 1.81. The molecular weight excluding hydrogens is 300 g/mol. The molecule has 2 atom stereocenters. The van der Waals surface area contributed by atoms with Gasteiger partial charge in [0.05, 0.1) is 10.5 Å². The summed E-state index contributed by atoms with van der Waals surface area (Å²) in [6.07, 6.45) is 4.32. The molecule has 7 nitrogen and oxygen atoms in total. The summed E-state index contributed by atoms with van der Waals surface area (Å²) in [5, 5.41) is 13.4. The number of non-ortho nitro benzene ring substituents is 1. The van der Waals surface area contributed by atoms with Gasteiger partial charge in [-0.3, -0.25) is 14.9 Å². The van der Waals surface area contributed by atoms with Crippen LogP contribution in [0.25, 0.3) is 0 Å². The second kappa shape index (κ2) is 7.71. The maximum absolute atomic E-state index is 11.9. The molecule has 2 rings (SSSR count). The van der Waals surface area contributed by atoms with Crippen molar-refractivity contribution in [1.82, 2.24) is 5.32 Å². The number of carbonyl (C=O) groups is 2. The lowest BCUT2D eigenvalue weighted by Gasteiger charge is -2.29. The van der Waals surface area contributed by atoms with Crippen LogP contribution in [0.5, 0.6) is 0 Å². The molecule has 1 N–H and O–H groups in total. The first kappa shape index (κ1) is 16.9. The summed E-state index contributed by atoms with van der Waals surface area (Å²) in [5.74, 6) is -0.566. The lowest BCUT2D eigenvalue weighted by atomic mass is 9.86. The molecule has 0 radical (unpaired) electrons. The van der Waals surface area contributed by atoms with Crippen LogP contribution in [0.2, 0.25) is 0 Å². The highest BCUT2D eigenvalue weighted by Crippen LogP contribution is 2.23. The van der Waals surface area contributed by atoms with E-state index in [1.807, 2.05) is 0 Å². The Morgan fingerprint density at radius 1 is 1.26 bits per heavy atom. The van der Waals surface area contributed by atoms with E-state index >= 15 is 0 Å². The van der Waals surface area contributed by atoms with Crippen LogP contribution in [0, 0.1) is 16.0 Å². The number of amides is 1. The highest BCUT2D eigenvalue weighted by Gasteiger charge is 2.23. The van der Waals surface area contributed by atoms with E-state index in [2.05, 4.69) is 12.2 Å². The van der Waals surface area contributed by atoms with E-state index in [0.717, 1.165) is 19.3 Å². The number of nitro groups is 1. The van der Waals surface area contributed by atoms with E-state index in [9.17, 15) is 19.7 Å². The topological polar surface area (TPSA) is 98.5 Å². The first-order valence-corrected chi connectivity index (χ1v) is 7.68. The van der Waals surface area contributed by atoms with Crippen LogP contribution in [-0.2, 0) is 9.53 Å². The van der Waals surface area contributed by atoms with Crippen molar-refractivity contribution in [2.45, 2.75) is 38.6 Å². The number of hydrogen-bond acceptors (Lipinski definition) is 5. The molecule has 0 unspecified atom stereocenters. The Hall–Kier alpha value is -2.44. The van der Waals surface area contributed by atoms with Crippen molar-refractivity contribution >= 4 is 17.6 Å². The van der Waals surface area contributed by atoms with E-state index < -0.39 is 10.9 Å². The quantitative estimate of drug-likeness (QED) is 0.510. The fourth-order valence-electron chi connectivity index (χ4n) is 2.71. The average Bonchev–Trinajstić information content (AvgIpc) is 2.55. The molecule has 23 heavy (non-hydrogen) atoms. The molecule has 0 heterocycles. The molecule has 1 amide bonds. The molecule has 1 aliphatic rings. The van der Waals surface area contributed by atoms with Crippen LogP contribution in [0.4, 0.5) is 5.69 Å². The summed E-state index contributed by atoms with van der Waals surface area (Å²) >= 11 is 0. The Morgan fingerprint density at radius 2 is 1.91 bits per heavy atom. The number of benzene rings is 1. The zero-order valence-electron chi connectivity index (χ0n) is 13.0. The zero-order chi connectivity index (χ0) is 16.8. The second-order valence-corrected chi connectivity index (χ2v) is 5.82. The molecule has 1 aromatic rings. The molecule has 0 aromatic heterocycles. The van der Waals surface area contributed by atoms with E-state index in [1.165, 1.54) is 30.7 Å². The number of ether oxygens (including phenoxy) is 1. The first-order valence-electron chi connectivity index (χ1n) is 7.68. The molecular formula is C16H20N2O5. The number of nitrogens with zero attached hydrogens (tertiary/aromatic N) is 1. The Morgan fingerprint density at radius 3 is 2.52 bits per heavy atom. The van der Waals surface area contributed by atoms with E-state index in [-0.39, 0.29) is 29.8 Å². The van der Waals surface area contributed by atoms with Crippen LogP contribution in [0.1, 0.15) is 43.0 Å². The Labute approximate surface area is 134 Å². The highest BCUT2D eigenvalue weighted by molar-refractivity contribution is 5.91. The van der Waals surface area contributed by atoms with Gasteiger partial charge in [0.2, 0.25) is 0 Å². The normalized spacial score (nSPS) is 20.6. The van der Waals surface area contributed by atoms with Crippen molar-refractivity contribution in [3.8, 4) is 0 Å². The van der Waals surface area contributed by atoms with Crippen LogP contribution < -0.4 is 5.32 Å². The van der Waals surface area contributed by atoms with Crippen LogP contribution >= 0.6 is 0 Å². The molecule has 0 aliphatic heterocycles. The minimum absolute atomic E-state index is 0.106. The summed E-state index contributed by atoms with van der Waals surface area (Å²) < 4.78 is 4.95. The number of carbonyl (C=O) groups excluding carboxylic acids is 2. The van der Waals surface area contributed by atoms with E-state index in [0.29, 0.717) is 5.92 Å². The Kier molecular flexibility index (Phi) is 5.67. The second-order valence-electron chi connectivity index (χ2n) is 5.82. The van der Waals surface area contributed by atoms with Gasteiger partial charge in [0.15, 0.2) is 6.61 Å². The number of rotatable bonds is 5. The third-order valence-corrected chi connectivity index (χ3v) is 4.11. The van der Waals surface area contributed by atoms with Crippen molar-refractivity contribution in [3.63, 3.8) is 0 Å². The van der Waals surface area contributed by atoms with Crippen LogP contribution in [0.15, 0.2) is 24.3 Å². The lowest BCUT2D eigenvalue weighted by molar-refractivity contribution is -0.384. The fourth-order valence-corrected chi connectivity index (χ4v) is 2.71. The van der Waals surface area contributed by atoms with E-state index in [4.69, 9.17) is 4.74 Å². The minimum atomic E-state index is -0.674. The van der Waals surface area contributed by atoms with E-state index in [1.54, 1.807) is 0 Å². The molecule has 1 aromatic carbocycles. The minimum Gasteiger partial charge on any atom is -0.452 e. The molecule has 7 heteroatoms. The summed E-state index contributed by atoms with van der Waals surface area (Å²) in [7, 11) is 0. The largest absolute Gasteiger partial charge is 0.452 e. The number of esters is 1. The average molecular weight is 320 g/mol. The monoisotopic (exact) mass is 320 g/mol. The van der Waals surface area contributed by atoms with Gasteiger partial charge in [0.1, 0.15) is 0 Å². The molecule has 124 valence electrons. The predicted octanol–water partition coefficient (Wildman–Crippen LogP) is 2.45. The van der Waals surface area contributed by atoms with Crippen molar-refractivity contribution in [1.29, 1.82) is 0 Å². The number of nitro benzene ring substituents is 1. The van der Waals surface area contributed by atoms with Crippen molar-refractivity contribution in [3.05, 3.63) is 39.9 Å². The lowest BCUT2D eigenvalue weighted by Crippen LogP contribution is -2.42. The van der Waals surface area contributed by atoms with Crippen LogP contribution in [-0.4, -0.2) is 29.4 Å². The van der Waals surface area contributed by atoms with Crippen molar-refractivity contribution < 1.29 is 19.2 Å². The fraction of sp³-hybridized carbons (Fsp3) is 0.500. The predicted molar refractivity (Wildman–Crippen MR) is 82.9 cm³/mol. The van der Waals surface area contributed by atoms with Gasteiger partial charge in [-0.05, 0) is 30.9 Å². The number of hydrogen-bond donors (Lipinski definition) is 1. The summed E-state index contributed by atoms with van der Waals surface area (Å²) in [5.41, 5.74) is 0.0695. The standard InChI is InChI=1S/C16H20N2O5/c1-11-4-2-3-5-14(11)17-15(19)10-23-16(20)12-6-8-13(9-7-12)18(21)22/h6-9,11,14H,2-5,10H2,1H3,(H,17,19)/t11-,14-/m1/s1. The van der Waals surface area contributed by atoms with Gasteiger partial charge in [-0.25, -0.2) is 4.79 Å². The Bertz CT molecular complexity index is 585. The van der Waals surface area contributed by atoms with Crippen LogP contribution in [0.3, 0.4) is 0 Å². The van der Waals surface area contributed by atoms with Gasteiger partial charge in [-0.15, -0.1) is 0 Å². The summed E-state index contributed by atoms with van der Waals surface area (Å²) in [6, 6.07) is 5.19. The van der Waals surface area contributed by atoms with Crippen molar-refractivity contribution in [2.24, 2.45) is 5.92 Å². The third kappa shape index (κ3) is 4.77. The highest BCUT2D eigenvalue weighted by atomic mass is 16.6. The molecule has 0 spiro atoms. The molecule has 0 bridgehead atoms. The molecule has 1 aliphatic carbocycles.